The molecule has 1 nitrogen and oxygen atoms in total. The first kappa shape index (κ1) is 16.5. The van der Waals surface area contributed by atoms with Gasteiger partial charge < -0.3 is 5.32 Å². The fourth-order valence-corrected chi connectivity index (χ4v) is 3.68. The Labute approximate surface area is 131 Å². The minimum atomic E-state index is 0.665. The zero-order valence-electron chi connectivity index (χ0n) is 14.4. The van der Waals surface area contributed by atoms with Gasteiger partial charge in [0.2, 0.25) is 0 Å². The summed E-state index contributed by atoms with van der Waals surface area (Å²) < 4.78 is 0. The number of hydrogen-bond acceptors (Lipinski definition) is 1. The highest BCUT2D eigenvalue weighted by Gasteiger charge is 2.26. The molecule has 0 spiro atoms. The van der Waals surface area contributed by atoms with Crippen LogP contribution in [0.2, 0.25) is 0 Å². The Balaban J connectivity index is 2.06. The van der Waals surface area contributed by atoms with E-state index in [9.17, 15) is 0 Å². The first-order valence-electron chi connectivity index (χ1n) is 8.89. The second kappa shape index (κ2) is 7.98. The number of nitrogens with one attached hydrogen (secondary N) is 1. The average molecular weight is 287 g/mol. The van der Waals surface area contributed by atoms with Crippen molar-refractivity contribution in [2.45, 2.75) is 72.3 Å². The van der Waals surface area contributed by atoms with E-state index in [0.29, 0.717) is 6.04 Å². The van der Waals surface area contributed by atoms with Crippen LogP contribution >= 0.6 is 0 Å². The highest BCUT2D eigenvalue weighted by Crippen LogP contribution is 2.32. The monoisotopic (exact) mass is 287 g/mol. The average Bonchev–Trinajstić information content (AvgIpc) is 2.48. The molecule has 0 bridgehead atoms. The lowest BCUT2D eigenvalue weighted by Gasteiger charge is -2.34. The van der Waals surface area contributed by atoms with Crippen LogP contribution in [0.1, 0.15) is 62.6 Å². The Morgan fingerprint density at radius 1 is 1.14 bits per heavy atom. The van der Waals surface area contributed by atoms with Crippen molar-refractivity contribution in [1.82, 2.24) is 5.32 Å². The van der Waals surface area contributed by atoms with Crippen LogP contribution in [0.4, 0.5) is 0 Å². The van der Waals surface area contributed by atoms with Crippen molar-refractivity contribution in [2.24, 2.45) is 11.8 Å². The molecule has 1 heteroatoms. The molecular weight excluding hydrogens is 254 g/mol. The van der Waals surface area contributed by atoms with Gasteiger partial charge in [0.25, 0.3) is 0 Å². The molecule has 0 amide bonds. The van der Waals surface area contributed by atoms with Gasteiger partial charge in [-0.25, -0.2) is 0 Å². The Morgan fingerprint density at radius 2 is 1.86 bits per heavy atom. The molecule has 0 radical (unpaired) electrons. The molecule has 1 unspecified atom stereocenters. The van der Waals surface area contributed by atoms with Gasteiger partial charge in [-0.15, -0.1) is 0 Å². The van der Waals surface area contributed by atoms with E-state index in [4.69, 9.17) is 0 Å². The van der Waals surface area contributed by atoms with E-state index in [1.807, 2.05) is 0 Å². The molecule has 1 fully saturated rings. The molecule has 1 saturated carbocycles. The third-order valence-corrected chi connectivity index (χ3v) is 5.23. The van der Waals surface area contributed by atoms with Crippen molar-refractivity contribution < 1.29 is 0 Å². The normalized spacial score (nSPS) is 24.0. The summed E-state index contributed by atoms with van der Waals surface area (Å²) >= 11 is 0. The summed E-state index contributed by atoms with van der Waals surface area (Å²) in [7, 11) is 0. The highest BCUT2D eigenvalue weighted by molar-refractivity contribution is 5.31. The standard InChI is InChI=1S/C20H33N/c1-5-12-21-20(18-10-7-15(2)8-11-18)14-19-13-16(3)6-9-17(19)4/h6,9,13,15,18,20-21H,5,7-8,10-12,14H2,1-4H3. The fraction of sp³-hybridized carbons (Fsp3) is 0.700. The second-order valence-electron chi connectivity index (χ2n) is 7.21. The molecule has 1 aromatic carbocycles. The molecule has 0 saturated heterocycles. The zero-order valence-corrected chi connectivity index (χ0v) is 14.4. The Hall–Kier alpha value is -0.820. The Morgan fingerprint density at radius 3 is 2.52 bits per heavy atom. The van der Waals surface area contributed by atoms with Crippen molar-refractivity contribution in [3.05, 3.63) is 34.9 Å². The summed E-state index contributed by atoms with van der Waals surface area (Å²) in [6, 6.07) is 7.57. The molecule has 1 aliphatic rings. The van der Waals surface area contributed by atoms with Gasteiger partial charge in [-0.3, -0.25) is 0 Å². The molecule has 1 aliphatic carbocycles. The maximum absolute atomic E-state index is 3.85. The van der Waals surface area contributed by atoms with Crippen LogP contribution in [0.15, 0.2) is 18.2 Å². The first-order valence-corrected chi connectivity index (χ1v) is 8.89. The van der Waals surface area contributed by atoms with Gasteiger partial charge >= 0.3 is 0 Å². The number of rotatable bonds is 6. The van der Waals surface area contributed by atoms with Crippen LogP contribution in [-0.4, -0.2) is 12.6 Å². The zero-order chi connectivity index (χ0) is 15.2. The van der Waals surface area contributed by atoms with Gasteiger partial charge in [0.05, 0.1) is 0 Å². The van der Waals surface area contributed by atoms with Crippen LogP contribution < -0.4 is 5.32 Å². The molecule has 0 heterocycles. The quantitative estimate of drug-likeness (QED) is 0.773. The van der Waals surface area contributed by atoms with Crippen molar-refractivity contribution in [3.8, 4) is 0 Å². The predicted molar refractivity (Wildman–Crippen MR) is 92.8 cm³/mol. The van der Waals surface area contributed by atoms with E-state index >= 15 is 0 Å². The van der Waals surface area contributed by atoms with Gasteiger partial charge in [0.15, 0.2) is 0 Å². The van der Waals surface area contributed by atoms with Crippen LogP contribution in [0.3, 0.4) is 0 Å². The lowest BCUT2D eigenvalue weighted by molar-refractivity contribution is 0.228. The Bertz CT molecular complexity index is 429. The van der Waals surface area contributed by atoms with E-state index in [1.54, 1.807) is 5.56 Å². The SMILES string of the molecule is CCCNC(Cc1cc(C)ccc1C)C1CCC(C)CC1. The second-order valence-corrected chi connectivity index (χ2v) is 7.21. The smallest absolute Gasteiger partial charge is 0.0136 e. The van der Waals surface area contributed by atoms with Crippen LogP contribution in [0.25, 0.3) is 0 Å². The van der Waals surface area contributed by atoms with Crippen LogP contribution in [-0.2, 0) is 6.42 Å². The molecular formula is C20H33N. The minimum Gasteiger partial charge on any atom is -0.313 e. The van der Waals surface area contributed by atoms with E-state index in [1.165, 1.54) is 49.7 Å². The summed E-state index contributed by atoms with van der Waals surface area (Å²) in [5, 5.41) is 3.85. The summed E-state index contributed by atoms with van der Waals surface area (Å²) in [6.45, 7) is 10.3. The van der Waals surface area contributed by atoms with E-state index in [-0.39, 0.29) is 0 Å². The van der Waals surface area contributed by atoms with E-state index < -0.39 is 0 Å². The molecule has 118 valence electrons. The summed E-state index contributed by atoms with van der Waals surface area (Å²) in [5.74, 6) is 1.81. The third kappa shape index (κ3) is 4.85. The summed E-state index contributed by atoms with van der Waals surface area (Å²) in [5.41, 5.74) is 4.39. The Kier molecular flexibility index (Phi) is 6.29. The molecule has 0 aliphatic heterocycles. The fourth-order valence-electron chi connectivity index (χ4n) is 3.68. The van der Waals surface area contributed by atoms with Gasteiger partial charge in [-0.1, -0.05) is 50.5 Å². The van der Waals surface area contributed by atoms with Crippen molar-refractivity contribution in [1.29, 1.82) is 0 Å². The molecule has 2 rings (SSSR count). The van der Waals surface area contributed by atoms with Gasteiger partial charge in [-0.05, 0) is 69.0 Å². The van der Waals surface area contributed by atoms with Gasteiger partial charge in [-0.2, -0.15) is 0 Å². The van der Waals surface area contributed by atoms with E-state index in [0.717, 1.165) is 18.4 Å². The molecule has 1 N–H and O–H groups in total. The number of aryl methyl sites for hydroxylation is 2. The lowest BCUT2D eigenvalue weighted by atomic mass is 9.77. The minimum absolute atomic E-state index is 0.665. The highest BCUT2D eigenvalue weighted by atomic mass is 14.9. The maximum atomic E-state index is 3.85. The van der Waals surface area contributed by atoms with Crippen LogP contribution in [0.5, 0.6) is 0 Å². The molecule has 1 aromatic rings. The topological polar surface area (TPSA) is 12.0 Å². The van der Waals surface area contributed by atoms with Gasteiger partial charge in [0.1, 0.15) is 0 Å². The van der Waals surface area contributed by atoms with Crippen molar-refractivity contribution >= 4 is 0 Å². The molecule has 0 aromatic heterocycles. The largest absolute Gasteiger partial charge is 0.313 e. The summed E-state index contributed by atoms with van der Waals surface area (Å²) in [4.78, 5) is 0. The molecule has 21 heavy (non-hydrogen) atoms. The summed E-state index contributed by atoms with van der Waals surface area (Å²) in [6.07, 6.45) is 8.09. The van der Waals surface area contributed by atoms with E-state index in [2.05, 4.69) is 51.2 Å². The van der Waals surface area contributed by atoms with Crippen molar-refractivity contribution in [3.63, 3.8) is 0 Å². The van der Waals surface area contributed by atoms with Crippen molar-refractivity contribution in [2.75, 3.05) is 6.54 Å². The number of benzene rings is 1. The van der Waals surface area contributed by atoms with Gasteiger partial charge in [0, 0.05) is 6.04 Å². The lowest BCUT2D eigenvalue weighted by Crippen LogP contribution is -2.40. The van der Waals surface area contributed by atoms with Crippen LogP contribution in [0, 0.1) is 25.7 Å². The third-order valence-electron chi connectivity index (χ3n) is 5.23. The predicted octanol–water partition coefficient (Wildman–Crippen LogP) is 5.04. The molecule has 1 atom stereocenters. The number of hydrogen-bond donors (Lipinski definition) is 1. The first-order chi connectivity index (χ1) is 10.1. The maximum Gasteiger partial charge on any atom is 0.0136 e.